The van der Waals surface area contributed by atoms with E-state index in [4.69, 9.17) is 0 Å². The molecule has 0 amide bonds. The fourth-order valence-corrected chi connectivity index (χ4v) is 4.59. The maximum absolute atomic E-state index is 14.5. The third-order valence-corrected chi connectivity index (χ3v) is 6.17. The van der Waals surface area contributed by atoms with Gasteiger partial charge in [-0.1, -0.05) is 0 Å². The molecule has 1 saturated heterocycles. The minimum atomic E-state index is -3.99. The number of nitrogens with one attached hydrogen (secondary N) is 2. The predicted octanol–water partition coefficient (Wildman–Crippen LogP) is 2.19. The Balaban J connectivity index is 1.92. The van der Waals surface area contributed by atoms with Gasteiger partial charge in [-0.15, -0.1) is 0 Å². The number of rotatable bonds is 5. The van der Waals surface area contributed by atoms with Crippen LogP contribution in [0.4, 0.5) is 15.8 Å². The fraction of sp³-hybridized carbons (Fsp3) is 0.400. The van der Waals surface area contributed by atoms with Crippen molar-refractivity contribution in [2.45, 2.75) is 24.3 Å². The van der Waals surface area contributed by atoms with Crippen LogP contribution >= 0.6 is 11.5 Å². The predicted molar refractivity (Wildman–Crippen MR) is 93.7 cm³/mol. The number of hydrogen-bond acceptors (Lipinski definition) is 6. The van der Waals surface area contributed by atoms with Crippen molar-refractivity contribution in [2.24, 2.45) is 0 Å². The maximum Gasteiger partial charge on any atom is 0.264 e. The molecule has 1 unspecified atom stereocenters. The van der Waals surface area contributed by atoms with E-state index in [0.717, 1.165) is 36.6 Å². The molecule has 0 bridgehead atoms. The van der Waals surface area contributed by atoms with Crippen LogP contribution in [-0.4, -0.2) is 39.0 Å². The summed E-state index contributed by atoms with van der Waals surface area (Å²) in [6.07, 6.45) is 2.37. The molecule has 0 spiro atoms. The van der Waals surface area contributed by atoms with Crippen molar-refractivity contribution in [3.63, 3.8) is 0 Å². The Bertz CT molecular complexity index is 818. The van der Waals surface area contributed by atoms with Crippen molar-refractivity contribution in [3.05, 3.63) is 35.1 Å². The van der Waals surface area contributed by atoms with Gasteiger partial charge in [0.25, 0.3) is 10.0 Å². The molecule has 1 atom stereocenters. The number of anilines is 2. The van der Waals surface area contributed by atoms with E-state index in [1.807, 2.05) is 11.9 Å². The van der Waals surface area contributed by atoms with Crippen LogP contribution in [0.3, 0.4) is 0 Å². The zero-order valence-corrected chi connectivity index (χ0v) is 15.0. The lowest BCUT2D eigenvalue weighted by molar-refractivity contribution is 0.568. The first-order chi connectivity index (χ1) is 11.4. The van der Waals surface area contributed by atoms with Crippen LogP contribution in [-0.2, 0) is 10.0 Å². The van der Waals surface area contributed by atoms with Gasteiger partial charge in [-0.25, -0.2) is 12.8 Å². The first-order valence-electron chi connectivity index (χ1n) is 7.54. The van der Waals surface area contributed by atoms with E-state index in [-0.39, 0.29) is 10.9 Å². The van der Waals surface area contributed by atoms with E-state index in [9.17, 15) is 12.8 Å². The minimum Gasteiger partial charge on any atom is -0.370 e. The van der Waals surface area contributed by atoms with Gasteiger partial charge < -0.3 is 10.2 Å². The lowest BCUT2D eigenvalue weighted by Crippen LogP contribution is -2.34. The third kappa shape index (κ3) is 3.38. The van der Waals surface area contributed by atoms with Crippen molar-refractivity contribution >= 4 is 32.9 Å². The Hall–Kier alpha value is -1.71. The van der Waals surface area contributed by atoms with Gasteiger partial charge in [0.15, 0.2) is 0 Å². The van der Waals surface area contributed by atoms with Crippen LogP contribution < -0.4 is 14.9 Å². The summed E-state index contributed by atoms with van der Waals surface area (Å²) in [7, 11) is -2.08. The lowest BCUT2D eigenvalue weighted by Gasteiger charge is -2.28. The molecule has 1 aromatic carbocycles. The quantitative estimate of drug-likeness (QED) is 0.844. The standard InChI is InChI=1S/C15H19FN4O2S2/c1-10-5-15(24(21,22)19-11-7-18-23-9-11)13(16)6-14(10)20(2)12-3-4-17-8-12/h5-7,9,12,17,19H,3-4,8H2,1-2H3. The smallest absolute Gasteiger partial charge is 0.264 e. The Morgan fingerprint density at radius 2 is 2.25 bits per heavy atom. The molecule has 0 radical (unpaired) electrons. The highest BCUT2D eigenvalue weighted by molar-refractivity contribution is 7.92. The Morgan fingerprint density at radius 3 is 2.88 bits per heavy atom. The van der Waals surface area contributed by atoms with Crippen molar-refractivity contribution in [2.75, 3.05) is 29.8 Å². The van der Waals surface area contributed by atoms with E-state index in [2.05, 4.69) is 14.4 Å². The molecule has 6 nitrogen and oxygen atoms in total. The summed E-state index contributed by atoms with van der Waals surface area (Å²) in [6, 6.07) is 2.96. The molecule has 0 aliphatic carbocycles. The van der Waals surface area contributed by atoms with Gasteiger partial charge in [-0.2, -0.15) is 4.37 Å². The number of halogens is 1. The maximum atomic E-state index is 14.5. The van der Waals surface area contributed by atoms with Gasteiger partial charge in [0.05, 0.1) is 11.9 Å². The van der Waals surface area contributed by atoms with Crippen molar-refractivity contribution in [1.29, 1.82) is 0 Å². The molecule has 2 N–H and O–H groups in total. The van der Waals surface area contributed by atoms with Gasteiger partial charge in [0.2, 0.25) is 0 Å². The largest absolute Gasteiger partial charge is 0.370 e. The summed E-state index contributed by atoms with van der Waals surface area (Å²) in [6.45, 7) is 3.56. The molecule has 1 aliphatic heterocycles. The number of nitrogens with zero attached hydrogens (tertiary/aromatic N) is 2. The zero-order chi connectivity index (χ0) is 17.3. The zero-order valence-electron chi connectivity index (χ0n) is 13.4. The van der Waals surface area contributed by atoms with Crippen LogP contribution in [0.25, 0.3) is 0 Å². The van der Waals surface area contributed by atoms with Crippen LogP contribution in [0.5, 0.6) is 0 Å². The third-order valence-electron chi connectivity index (χ3n) is 4.19. The topological polar surface area (TPSA) is 74.3 Å². The van der Waals surface area contributed by atoms with Gasteiger partial charge in [-0.05, 0) is 49.1 Å². The summed E-state index contributed by atoms with van der Waals surface area (Å²) in [5.41, 5.74) is 1.75. The van der Waals surface area contributed by atoms with E-state index in [0.29, 0.717) is 11.4 Å². The number of benzene rings is 1. The summed E-state index contributed by atoms with van der Waals surface area (Å²) in [4.78, 5) is 1.65. The molecule has 9 heteroatoms. The molecule has 0 saturated carbocycles. The van der Waals surface area contributed by atoms with Crippen LogP contribution in [0.1, 0.15) is 12.0 Å². The molecule has 24 heavy (non-hydrogen) atoms. The minimum absolute atomic E-state index is 0.278. The molecular weight excluding hydrogens is 351 g/mol. The van der Waals surface area contributed by atoms with E-state index in [1.165, 1.54) is 18.3 Å². The van der Waals surface area contributed by atoms with Crippen LogP contribution in [0.2, 0.25) is 0 Å². The number of aryl methyl sites for hydroxylation is 1. The monoisotopic (exact) mass is 370 g/mol. The first-order valence-corrected chi connectivity index (χ1v) is 9.86. The molecule has 130 valence electrons. The number of likely N-dealkylation sites (N-methyl/N-ethyl adjacent to an activating group) is 1. The fourth-order valence-electron chi connectivity index (χ4n) is 2.86. The second-order valence-corrected chi connectivity index (χ2v) is 8.15. The lowest BCUT2D eigenvalue weighted by atomic mass is 10.1. The molecule has 2 heterocycles. The summed E-state index contributed by atoms with van der Waals surface area (Å²) in [5, 5.41) is 4.82. The Morgan fingerprint density at radius 1 is 1.46 bits per heavy atom. The normalized spacial score (nSPS) is 17.9. The molecule has 1 aliphatic rings. The number of sulfonamides is 1. The molecule has 3 rings (SSSR count). The second kappa shape index (κ2) is 6.66. The Kier molecular flexibility index (Phi) is 4.75. The molecular formula is C15H19FN4O2S2. The highest BCUT2D eigenvalue weighted by Gasteiger charge is 2.25. The van der Waals surface area contributed by atoms with E-state index in [1.54, 1.807) is 12.3 Å². The second-order valence-electron chi connectivity index (χ2n) is 5.85. The van der Waals surface area contributed by atoms with Crippen LogP contribution in [0.15, 0.2) is 28.6 Å². The summed E-state index contributed by atoms with van der Waals surface area (Å²) >= 11 is 1.12. The van der Waals surface area contributed by atoms with Gasteiger partial charge >= 0.3 is 0 Å². The number of aromatic nitrogens is 1. The van der Waals surface area contributed by atoms with E-state index >= 15 is 0 Å². The average Bonchev–Trinajstić information content (AvgIpc) is 3.21. The first kappa shape index (κ1) is 17.1. The van der Waals surface area contributed by atoms with Crippen molar-refractivity contribution < 1.29 is 12.8 Å². The number of hydrogen-bond donors (Lipinski definition) is 2. The molecule has 2 aromatic rings. The highest BCUT2D eigenvalue weighted by atomic mass is 32.2. The SMILES string of the molecule is Cc1cc(S(=O)(=O)Nc2cnsc2)c(F)cc1N(C)C1CCNC1. The van der Waals surface area contributed by atoms with Gasteiger partial charge in [0, 0.05) is 30.7 Å². The van der Waals surface area contributed by atoms with Crippen LogP contribution in [0, 0.1) is 12.7 Å². The highest BCUT2D eigenvalue weighted by Crippen LogP contribution is 2.29. The summed E-state index contributed by atoms with van der Waals surface area (Å²) in [5.74, 6) is -0.760. The average molecular weight is 370 g/mol. The van der Waals surface area contributed by atoms with E-state index < -0.39 is 15.8 Å². The van der Waals surface area contributed by atoms with Crippen molar-refractivity contribution in [3.8, 4) is 0 Å². The molecule has 1 aromatic heterocycles. The Labute approximate surface area is 144 Å². The summed E-state index contributed by atoms with van der Waals surface area (Å²) < 4.78 is 45.5. The van der Waals surface area contributed by atoms with Gasteiger partial charge in [-0.3, -0.25) is 4.72 Å². The van der Waals surface area contributed by atoms with Crippen molar-refractivity contribution in [1.82, 2.24) is 9.69 Å². The van der Waals surface area contributed by atoms with Gasteiger partial charge in [0.1, 0.15) is 10.7 Å². The molecule has 1 fully saturated rings.